The minimum absolute atomic E-state index is 0.295. The van der Waals surface area contributed by atoms with Gasteiger partial charge in [0.2, 0.25) is 0 Å². The van der Waals surface area contributed by atoms with E-state index in [1.807, 2.05) is 19.9 Å². The lowest BCUT2D eigenvalue weighted by atomic mass is 10.0. The standard InChI is InChI=1S/C19H25NO3/c1-3-22-19(21)18-14(2)23-17-8-7-15(13-16(17)18)9-12-20-10-5-4-6-11-20/h7-8,13H,3-6,9-12H2,1-2H3. The van der Waals surface area contributed by atoms with Crippen LogP contribution in [-0.2, 0) is 11.2 Å². The quantitative estimate of drug-likeness (QED) is 0.784. The Morgan fingerprint density at radius 3 is 2.78 bits per heavy atom. The van der Waals surface area contributed by atoms with Gasteiger partial charge in [-0.05, 0) is 63.9 Å². The second-order valence-electron chi connectivity index (χ2n) is 6.24. The van der Waals surface area contributed by atoms with Gasteiger partial charge in [0.15, 0.2) is 0 Å². The van der Waals surface area contributed by atoms with Gasteiger partial charge in [-0.2, -0.15) is 0 Å². The molecule has 0 radical (unpaired) electrons. The third-order valence-electron chi connectivity index (χ3n) is 4.57. The summed E-state index contributed by atoms with van der Waals surface area (Å²) in [6, 6.07) is 6.16. The summed E-state index contributed by atoms with van der Waals surface area (Å²) in [4.78, 5) is 14.7. The van der Waals surface area contributed by atoms with Gasteiger partial charge in [-0.25, -0.2) is 4.79 Å². The Morgan fingerprint density at radius 2 is 2.04 bits per heavy atom. The van der Waals surface area contributed by atoms with Crippen molar-refractivity contribution in [1.29, 1.82) is 0 Å². The fourth-order valence-corrected chi connectivity index (χ4v) is 3.35. The highest BCUT2D eigenvalue weighted by Gasteiger charge is 2.19. The molecule has 1 saturated heterocycles. The van der Waals surface area contributed by atoms with Gasteiger partial charge in [0.25, 0.3) is 0 Å². The number of carbonyl (C=O) groups excluding carboxylic acids is 1. The molecular weight excluding hydrogens is 290 g/mol. The molecule has 1 aromatic carbocycles. The number of benzene rings is 1. The van der Waals surface area contributed by atoms with E-state index in [4.69, 9.17) is 9.15 Å². The number of fused-ring (bicyclic) bond motifs is 1. The van der Waals surface area contributed by atoms with Crippen molar-refractivity contribution >= 4 is 16.9 Å². The van der Waals surface area contributed by atoms with Crippen molar-refractivity contribution in [2.45, 2.75) is 39.5 Å². The fourth-order valence-electron chi connectivity index (χ4n) is 3.35. The molecule has 1 aromatic heterocycles. The van der Waals surface area contributed by atoms with Crippen LogP contribution in [0.2, 0.25) is 0 Å². The van der Waals surface area contributed by atoms with E-state index in [-0.39, 0.29) is 5.97 Å². The number of nitrogens with zero attached hydrogens (tertiary/aromatic N) is 1. The van der Waals surface area contributed by atoms with Gasteiger partial charge in [0.05, 0.1) is 6.61 Å². The summed E-state index contributed by atoms with van der Waals surface area (Å²) in [7, 11) is 0. The average molecular weight is 315 g/mol. The third kappa shape index (κ3) is 3.58. The van der Waals surface area contributed by atoms with Crippen LogP contribution >= 0.6 is 0 Å². The van der Waals surface area contributed by atoms with Crippen molar-refractivity contribution in [1.82, 2.24) is 4.90 Å². The van der Waals surface area contributed by atoms with E-state index in [1.54, 1.807) is 0 Å². The normalized spacial score (nSPS) is 15.9. The molecule has 2 aromatic rings. The SMILES string of the molecule is CCOC(=O)c1c(C)oc2ccc(CCN3CCCCC3)cc12. The first kappa shape index (κ1) is 16.1. The number of aryl methyl sites for hydroxylation is 1. The summed E-state index contributed by atoms with van der Waals surface area (Å²) < 4.78 is 10.9. The van der Waals surface area contributed by atoms with Crippen LogP contribution in [0.4, 0.5) is 0 Å². The lowest BCUT2D eigenvalue weighted by Gasteiger charge is -2.26. The highest BCUT2D eigenvalue weighted by Crippen LogP contribution is 2.27. The van der Waals surface area contributed by atoms with Crippen LogP contribution < -0.4 is 0 Å². The number of hydrogen-bond donors (Lipinski definition) is 0. The Balaban J connectivity index is 1.79. The van der Waals surface area contributed by atoms with E-state index < -0.39 is 0 Å². The molecule has 2 heterocycles. The molecule has 1 fully saturated rings. The predicted octanol–water partition coefficient (Wildman–Crippen LogP) is 3.95. The van der Waals surface area contributed by atoms with Crippen molar-refractivity contribution in [2.24, 2.45) is 0 Å². The van der Waals surface area contributed by atoms with Crippen molar-refractivity contribution in [3.8, 4) is 0 Å². The summed E-state index contributed by atoms with van der Waals surface area (Å²) >= 11 is 0. The molecule has 0 N–H and O–H groups in total. The van der Waals surface area contributed by atoms with Crippen LogP contribution in [0.5, 0.6) is 0 Å². The Kier molecular flexibility index (Phi) is 5.01. The topological polar surface area (TPSA) is 42.7 Å². The highest BCUT2D eigenvalue weighted by atomic mass is 16.5. The zero-order valence-corrected chi connectivity index (χ0v) is 14.1. The summed E-state index contributed by atoms with van der Waals surface area (Å²) in [6.45, 7) is 7.51. The number of furan rings is 1. The molecule has 4 heteroatoms. The van der Waals surface area contributed by atoms with Crippen LogP contribution in [0.25, 0.3) is 11.0 Å². The second kappa shape index (κ2) is 7.18. The Labute approximate surface area is 137 Å². The minimum atomic E-state index is -0.295. The van der Waals surface area contributed by atoms with Crippen LogP contribution in [0, 0.1) is 6.92 Å². The number of esters is 1. The van der Waals surface area contributed by atoms with E-state index in [0.29, 0.717) is 17.9 Å². The summed E-state index contributed by atoms with van der Waals surface area (Å²) in [5, 5.41) is 0.872. The van der Waals surface area contributed by atoms with E-state index >= 15 is 0 Å². The van der Waals surface area contributed by atoms with Gasteiger partial charge in [0, 0.05) is 11.9 Å². The molecule has 124 valence electrons. The molecule has 0 bridgehead atoms. The molecule has 1 aliphatic rings. The zero-order valence-electron chi connectivity index (χ0n) is 14.1. The van der Waals surface area contributed by atoms with Crippen LogP contribution in [0.3, 0.4) is 0 Å². The lowest BCUT2D eigenvalue weighted by molar-refractivity contribution is 0.0526. The van der Waals surface area contributed by atoms with Crippen LogP contribution in [-0.4, -0.2) is 37.1 Å². The molecule has 0 unspecified atom stereocenters. The molecule has 0 amide bonds. The molecule has 0 saturated carbocycles. The van der Waals surface area contributed by atoms with E-state index in [0.717, 1.165) is 23.9 Å². The maximum Gasteiger partial charge on any atom is 0.342 e. The molecule has 3 rings (SSSR count). The Bertz CT molecular complexity index is 683. The van der Waals surface area contributed by atoms with E-state index in [9.17, 15) is 4.79 Å². The van der Waals surface area contributed by atoms with Crippen molar-refractivity contribution in [2.75, 3.05) is 26.2 Å². The maximum atomic E-state index is 12.2. The van der Waals surface area contributed by atoms with Crippen LogP contribution in [0.1, 0.15) is 47.9 Å². The van der Waals surface area contributed by atoms with Gasteiger partial charge in [-0.1, -0.05) is 12.5 Å². The fraction of sp³-hybridized carbons (Fsp3) is 0.526. The van der Waals surface area contributed by atoms with E-state index in [1.165, 1.54) is 37.9 Å². The smallest absolute Gasteiger partial charge is 0.342 e. The number of rotatable bonds is 5. The first-order valence-corrected chi connectivity index (χ1v) is 8.60. The van der Waals surface area contributed by atoms with E-state index in [2.05, 4.69) is 17.0 Å². The summed E-state index contributed by atoms with van der Waals surface area (Å²) in [6.07, 6.45) is 4.99. The maximum absolute atomic E-state index is 12.2. The zero-order chi connectivity index (χ0) is 16.2. The monoisotopic (exact) mass is 315 g/mol. The first-order chi connectivity index (χ1) is 11.2. The number of hydrogen-bond acceptors (Lipinski definition) is 4. The molecule has 4 nitrogen and oxygen atoms in total. The largest absolute Gasteiger partial charge is 0.462 e. The first-order valence-electron chi connectivity index (χ1n) is 8.60. The predicted molar refractivity (Wildman–Crippen MR) is 90.9 cm³/mol. The second-order valence-corrected chi connectivity index (χ2v) is 6.24. The van der Waals surface area contributed by atoms with Crippen LogP contribution in [0.15, 0.2) is 22.6 Å². The molecule has 0 aliphatic carbocycles. The van der Waals surface area contributed by atoms with Gasteiger partial charge >= 0.3 is 5.97 Å². The van der Waals surface area contributed by atoms with Gasteiger partial charge < -0.3 is 14.1 Å². The lowest BCUT2D eigenvalue weighted by Crippen LogP contribution is -2.31. The number of ether oxygens (including phenoxy) is 1. The Morgan fingerprint density at radius 1 is 1.26 bits per heavy atom. The average Bonchev–Trinajstić information content (AvgIpc) is 2.89. The molecule has 23 heavy (non-hydrogen) atoms. The number of carbonyl (C=O) groups is 1. The highest BCUT2D eigenvalue weighted by molar-refractivity contribution is 6.04. The molecule has 0 atom stereocenters. The van der Waals surface area contributed by atoms with Crippen molar-refractivity contribution in [3.05, 3.63) is 35.1 Å². The van der Waals surface area contributed by atoms with Crippen molar-refractivity contribution in [3.63, 3.8) is 0 Å². The number of piperidine rings is 1. The summed E-state index contributed by atoms with van der Waals surface area (Å²) in [5.41, 5.74) is 2.57. The van der Waals surface area contributed by atoms with Gasteiger partial charge in [0.1, 0.15) is 16.9 Å². The van der Waals surface area contributed by atoms with Crippen molar-refractivity contribution < 1.29 is 13.9 Å². The summed E-state index contributed by atoms with van der Waals surface area (Å²) in [5.74, 6) is 0.337. The third-order valence-corrected chi connectivity index (χ3v) is 4.57. The molecule has 0 spiro atoms. The van der Waals surface area contributed by atoms with Gasteiger partial charge in [-0.3, -0.25) is 0 Å². The Hall–Kier alpha value is -1.81. The molecular formula is C19H25NO3. The van der Waals surface area contributed by atoms with Gasteiger partial charge in [-0.15, -0.1) is 0 Å². The number of likely N-dealkylation sites (tertiary alicyclic amines) is 1. The minimum Gasteiger partial charge on any atom is -0.462 e. The molecule has 1 aliphatic heterocycles.